The fraction of sp³-hybridized carbons (Fsp3) is 0.240. The van der Waals surface area contributed by atoms with Gasteiger partial charge in [-0.15, -0.1) is 4.36 Å². The number of amides is 1. The first-order valence-electron chi connectivity index (χ1n) is 10.5. The lowest BCUT2D eigenvalue weighted by atomic mass is 9.91. The molecule has 1 aliphatic rings. The van der Waals surface area contributed by atoms with Crippen molar-refractivity contribution < 1.29 is 9.00 Å². The van der Waals surface area contributed by atoms with E-state index in [2.05, 4.69) is 21.8 Å². The average molecular weight is 434 g/mol. The maximum Gasteiger partial charge on any atom is 0.259 e. The highest BCUT2D eigenvalue weighted by Gasteiger charge is 2.21. The van der Waals surface area contributed by atoms with Crippen molar-refractivity contribution in [2.45, 2.75) is 37.1 Å². The molecule has 160 valence electrons. The van der Waals surface area contributed by atoms with E-state index in [-0.39, 0.29) is 6.42 Å². The highest BCUT2D eigenvalue weighted by atomic mass is 32.2. The Morgan fingerprint density at radius 3 is 2.48 bits per heavy atom. The minimum absolute atomic E-state index is 0.0967. The molecule has 1 unspecified atom stereocenters. The molecule has 3 N–H and O–H groups in total. The number of carbonyl (C=O) groups is 1. The summed E-state index contributed by atoms with van der Waals surface area (Å²) in [7, 11) is -1.44. The normalized spacial score (nSPS) is 14.6. The Labute approximate surface area is 184 Å². The van der Waals surface area contributed by atoms with Gasteiger partial charge < -0.3 is 5.32 Å². The van der Waals surface area contributed by atoms with Gasteiger partial charge >= 0.3 is 0 Å². The standard InChI is InChI=1S/C25H27N3O2S/c1-27-17-18-10-13-21(14-11-18)31(26,30)28-25(29)16-24-22-9-5-8-20(22)12-15-23(24)19-6-3-2-4-7-19/h2-4,6-7,10-15,27H,5,8-9,16-17H2,1H3,(H2,26,28,29,30). The van der Waals surface area contributed by atoms with Crippen molar-refractivity contribution in [3.63, 3.8) is 0 Å². The predicted molar refractivity (Wildman–Crippen MR) is 125 cm³/mol. The zero-order valence-corrected chi connectivity index (χ0v) is 18.5. The van der Waals surface area contributed by atoms with Crippen LogP contribution in [-0.4, -0.2) is 17.2 Å². The van der Waals surface area contributed by atoms with E-state index in [1.54, 1.807) is 12.1 Å². The maximum absolute atomic E-state index is 13.0. The lowest BCUT2D eigenvalue weighted by Gasteiger charge is -2.14. The van der Waals surface area contributed by atoms with Gasteiger partial charge in [-0.25, -0.2) is 9.35 Å². The van der Waals surface area contributed by atoms with Crippen molar-refractivity contribution in [2.24, 2.45) is 9.50 Å². The molecule has 0 saturated carbocycles. The molecule has 3 aromatic carbocycles. The predicted octanol–water partition coefficient (Wildman–Crippen LogP) is 4.03. The van der Waals surface area contributed by atoms with Gasteiger partial charge in [-0.2, -0.15) is 0 Å². The topological polar surface area (TPSA) is 84.5 Å². The molecule has 1 amide bonds. The third kappa shape index (κ3) is 4.77. The summed E-state index contributed by atoms with van der Waals surface area (Å²) in [5.41, 5.74) is 6.63. The van der Waals surface area contributed by atoms with Gasteiger partial charge in [-0.3, -0.25) is 4.79 Å². The number of hydrogen-bond donors (Lipinski definition) is 2. The van der Waals surface area contributed by atoms with Crippen molar-refractivity contribution in [1.29, 1.82) is 0 Å². The van der Waals surface area contributed by atoms with Gasteiger partial charge in [0.2, 0.25) is 0 Å². The van der Waals surface area contributed by atoms with E-state index in [9.17, 15) is 9.00 Å². The molecule has 0 saturated heterocycles. The number of carbonyl (C=O) groups excluding carboxylic acids is 1. The van der Waals surface area contributed by atoms with Crippen molar-refractivity contribution in [3.8, 4) is 11.1 Å². The van der Waals surface area contributed by atoms with Crippen LogP contribution in [0.2, 0.25) is 0 Å². The molecule has 3 aromatic rings. The maximum atomic E-state index is 13.0. The van der Waals surface area contributed by atoms with Crippen LogP contribution in [0.5, 0.6) is 0 Å². The molecule has 0 radical (unpaired) electrons. The van der Waals surface area contributed by atoms with Crippen molar-refractivity contribution in [3.05, 3.63) is 89.0 Å². The minimum Gasteiger partial charge on any atom is -0.316 e. The summed E-state index contributed by atoms with van der Waals surface area (Å²) in [6.45, 7) is 0.698. The Bertz CT molecular complexity index is 1210. The van der Waals surface area contributed by atoms with Crippen LogP contribution in [0.4, 0.5) is 0 Å². The molecule has 0 fully saturated rings. The second-order valence-corrected chi connectivity index (χ2v) is 9.64. The molecular formula is C25H27N3O2S. The second kappa shape index (κ2) is 9.14. The molecule has 6 heteroatoms. The number of hydrogen-bond acceptors (Lipinski definition) is 3. The SMILES string of the molecule is CNCc1ccc(S(N)(=O)=NC(=O)Cc2c(-c3ccccc3)ccc3c2CCC3)cc1. The van der Waals surface area contributed by atoms with Crippen LogP contribution in [0.25, 0.3) is 11.1 Å². The first-order chi connectivity index (χ1) is 15.0. The molecule has 31 heavy (non-hydrogen) atoms. The zero-order valence-electron chi connectivity index (χ0n) is 17.6. The molecule has 5 nitrogen and oxygen atoms in total. The lowest BCUT2D eigenvalue weighted by molar-refractivity contribution is -0.117. The van der Waals surface area contributed by atoms with Crippen LogP contribution in [0.1, 0.15) is 28.7 Å². The van der Waals surface area contributed by atoms with Crippen molar-refractivity contribution >= 4 is 15.8 Å². The minimum atomic E-state index is -3.30. The Balaban J connectivity index is 1.67. The van der Waals surface area contributed by atoms with Crippen LogP contribution in [0.3, 0.4) is 0 Å². The highest BCUT2D eigenvalue weighted by molar-refractivity contribution is 7.91. The number of benzene rings is 3. The van der Waals surface area contributed by atoms with Crippen LogP contribution < -0.4 is 10.5 Å². The fourth-order valence-electron chi connectivity index (χ4n) is 4.23. The summed E-state index contributed by atoms with van der Waals surface area (Å²) in [4.78, 5) is 13.3. The summed E-state index contributed by atoms with van der Waals surface area (Å²) in [6, 6.07) is 21.3. The number of rotatable bonds is 6. The molecule has 1 aliphatic carbocycles. The Kier molecular flexibility index (Phi) is 6.32. The van der Waals surface area contributed by atoms with Gasteiger partial charge in [0.1, 0.15) is 9.92 Å². The zero-order chi connectivity index (χ0) is 21.8. The fourth-order valence-corrected chi connectivity index (χ4v) is 5.23. The van der Waals surface area contributed by atoms with Gasteiger partial charge in [0.25, 0.3) is 5.91 Å². The Morgan fingerprint density at radius 1 is 1.03 bits per heavy atom. The number of aryl methyl sites for hydroxylation is 1. The van der Waals surface area contributed by atoms with Gasteiger partial charge in [-0.05, 0) is 71.8 Å². The van der Waals surface area contributed by atoms with Crippen LogP contribution >= 0.6 is 0 Å². The van der Waals surface area contributed by atoms with Gasteiger partial charge in [0.05, 0.1) is 11.3 Å². The first-order valence-corrected chi connectivity index (χ1v) is 12.1. The average Bonchev–Trinajstić information content (AvgIpc) is 3.24. The summed E-state index contributed by atoms with van der Waals surface area (Å²) in [6.07, 6.45) is 3.15. The van der Waals surface area contributed by atoms with Gasteiger partial charge in [0, 0.05) is 6.54 Å². The first kappa shape index (κ1) is 21.4. The number of fused-ring (bicyclic) bond motifs is 1. The van der Waals surface area contributed by atoms with Crippen LogP contribution in [0, 0.1) is 0 Å². The molecule has 0 bridgehead atoms. The van der Waals surface area contributed by atoms with E-state index in [0.29, 0.717) is 11.4 Å². The van der Waals surface area contributed by atoms with Crippen molar-refractivity contribution in [2.75, 3.05) is 7.05 Å². The molecule has 4 rings (SSSR count). The number of nitrogens with zero attached hydrogens (tertiary/aromatic N) is 1. The molecule has 0 aromatic heterocycles. The molecule has 0 spiro atoms. The Hall–Kier alpha value is -2.80. The van der Waals surface area contributed by atoms with Crippen molar-refractivity contribution in [1.82, 2.24) is 5.32 Å². The van der Waals surface area contributed by atoms with Gasteiger partial charge in [-0.1, -0.05) is 54.6 Å². The van der Waals surface area contributed by atoms with Crippen LogP contribution in [-0.2, 0) is 40.5 Å². The summed E-state index contributed by atoms with van der Waals surface area (Å²) < 4.78 is 17.0. The molecule has 0 aliphatic heterocycles. The van der Waals surface area contributed by atoms with E-state index in [4.69, 9.17) is 5.14 Å². The summed E-state index contributed by atoms with van der Waals surface area (Å²) in [5.74, 6) is -0.454. The van der Waals surface area contributed by atoms with E-state index < -0.39 is 15.8 Å². The lowest BCUT2D eigenvalue weighted by Crippen LogP contribution is -2.16. The van der Waals surface area contributed by atoms with E-state index in [1.807, 2.05) is 49.5 Å². The molecular weight excluding hydrogens is 406 g/mol. The second-order valence-electron chi connectivity index (χ2n) is 7.85. The molecule has 0 heterocycles. The quantitative estimate of drug-likeness (QED) is 0.615. The smallest absolute Gasteiger partial charge is 0.259 e. The summed E-state index contributed by atoms with van der Waals surface area (Å²) in [5, 5.41) is 9.06. The highest BCUT2D eigenvalue weighted by Crippen LogP contribution is 2.34. The summed E-state index contributed by atoms with van der Waals surface area (Å²) >= 11 is 0. The van der Waals surface area contributed by atoms with E-state index >= 15 is 0 Å². The van der Waals surface area contributed by atoms with E-state index in [1.165, 1.54) is 11.1 Å². The number of nitrogens with two attached hydrogens (primary N) is 1. The van der Waals surface area contributed by atoms with E-state index in [0.717, 1.165) is 41.5 Å². The third-order valence-corrected chi connectivity index (χ3v) is 7.12. The number of nitrogens with one attached hydrogen (secondary N) is 1. The largest absolute Gasteiger partial charge is 0.316 e. The Morgan fingerprint density at radius 2 is 1.77 bits per heavy atom. The molecule has 1 atom stereocenters. The van der Waals surface area contributed by atoms with Crippen LogP contribution in [0.15, 0.2) is 76.0 Å². The van der Waals surface area contributed by atoms with Gasteiger partial charge in [0.15, 0.2) is 0 Å². The monoisotopic (exact) mass is 433 g/mol. The third-order valence-electron chi connectivity index (χ3n) is 5.69.